The SMILES string of the molecule is CC(C)(C)OC(=O)NC(CO)Cc1ccc(O)c(Cl)c1. The number of rotatable bonds is 4. The monoisotopic (exact) mass is 301 g/mol. The molecule has 3 N–H and O–H groups in total. The summed E-state index contributed by atoms with van der Waals surface area (Å²) in [7, 11) is 0. The van der Waals surface area contributed by atoms with Gasteiger partial charge in [-0.05, 0) is 44.9 Å². The number of alkyl carbamates (subject to hydrolysis) is 1. The lowest BCUT2D eigenvalue weighted by Gasteiger charge is -2.22. The van der Waals surface area contributed by atoms with Crippen LogP contribution in [-0.2, 0) is 11.2 Å². The van der Waals surface area contributed by atoms with Gasteiger partial charge in [-0.3, -0.25) is 0 Å². The summed E-state index contributed by atoms with van der Waals surface area (Å²) >= 11 is 5.81. The second-order valence-corrected chi connectivity index (χ2v) is 5.92. The molecule has 0 aliphatic heterocycles. The molecule has 112 valence electrons. The Morgan fingerprint density at radius 2 is 2.10 bits per heavy atom. The highest BCUT2D eigenvalue weighted by Crippen LogP contribution is 2.24. The van der Waals surface area contributed by atoms with Crippen LogP contribution in [0.25, 0.3) is 0 Å². The molecule has 1 rings (SSSR count). The highest BCUT2D eigenvalue weighted by atomic mass is 35.5. The van der Waals surface area contributed by atoms with Crippen molar-refractivity contribution < 1.29 is 19.7 Å². The minimum Gasteiger partial charge on any atom is -0.506 e. The number of phenolic OH excluding ortho intramolecular Hbond substituents is 1. The summed E-state index contributed by atoms with van der Waals surface area (Å²) in [6.07, 6.45) is -0.197. The van der Waals surface area contributed by atoms with Gasteiger partial charge in [0, 0.05) is 0 Å². The molecule has 0 heterocycles. The third kappa shape index (κ3) is 5.67. The van der Waals surface area contributed by atoms with E-state index in [1.165, 1.54) is 6.07 Å². The number of hydrogen-bond acceptors (Lipinski definition) is 4. The van der Waals surface area contributed by atoms with Crippen molar-refractivity contribution in [3.63, 3.8) is 0 Å². The highest BCUT2D eigenvalue weighted by Gasteiger charge is 2.19. The number of carbonyl (C=O) groups excluding carboxylic acids is 1. The quantitative estimate of drug-likeness (QED) is 0.798. The van der Waals surface area contributed by atoms with Crippen molar-refractivity contribution in [2.45, 2.75) is 38.8 Å². The van der Waals surface area contributed by atoms with Crippen molar-refractivity contribution in [1.29, 1.82) is 0 Å². The molecule has 0 saturated heterocycles. The lowest BCUT2D eigenvalue weighted by molar-refractivity contribution is 0.0483. The van der Waals surface area contributed by atoms with Gasteiger partial charge in [-0.1, -0.05) is 17.7 Å². The first-order valence-electron chi connectivity index (χ1n) is 6.29. The zero-order chi connectivity index (χ0) is 15.3. The van der Waals surface area contributed by atoms with Gasteiger partial charge in [-0.15, -0.1) is 0 Å². The van der Waals surface area contributed by atoms with Gasteiger partial charge < -0.3 is 20.3 Å². The molecule has 6 heteroatoms. The maximum Gasteiger partial charge on any atom is 0.407 e. The summed E-state index contributed by atoms with van der Waals surface area (Å²) in [4.78, 5) is 11.6. The zero-order valence-corrected chi connectivity index (χ0v) is 12.6. The Morgan fingerprint density at radius 1 is 1.45 bits per heavy atom. The largest absolute Gasteiger partial charge is 0.506 e. The Labute approximate surface area is 123 Å². The Bertz CT molecular complexity index is 471. The van der Waals surface area contributed by atoms with E-state index < -0.39 is 17.7 Å². The number of aliphatic hydroxyl groups excluding tert-OH is 1. The summed E-state index contributed by atoms with van der Waals surface area (Å²) in [6.45, 7) is 5.07. The second-order valence-electron chi connectivity index (χ2n) is 5.52. The van der Waals surface area contributed by atoms with Crippen LogP contribution in [0.5, 0.6) is 5.75 Å². The molecule has 0 spiro atoms. The maximum atomic E-state index is 11.6. The van der Waals surface area contributed by atoms with Gasteiger partial charge in [0.05, 0.1) is 17.7 Å². The molecule has 1 atom stereocenters. The fourth-order valence-corrected chi connectivity index (χ4v) is 1.80. The summed E-state index contributed by atoms with van der Waals surface area (Å²) in [5, 5.41) is 21.5. The van der Waals surface area contributed by atoms with Crippen LogP contribution >= 0.6 is 11.6 Å². The van der Waals surface area contributed by atoms with Crippen LogP contribution in [0.15, 0.2) is 18.2 Å². The van der Waals surface area contributed by atoms with Crippen molar-refractivity contribution >= 4 is 17.7 Å². The Balaban J connectivity index is 2.63. The van der Waals surface area contributed by atoms with Crippen molar-refractivity contribution in [1.82, 2.24) is 5.32 Å². The second kappa shape index (κ2) is 6.81. The van der Waals surface area contributed by atoms with Crippen LogP contribution in [0.2, 0.25) is 5.02 Å². The van der Waals surface area contributed by atoms with E-state index in [4.69, 9.17) is 16.3 Å². The van der Waals surface area contributed by atoms with E-state index in [9.17, 15) is 15.0 Å². The third-order valence-corrected chi connectivity index (χ3v) is 2.74. The average Bonchev–Trinajstić information content (AvgIpc) is 2.30. The number of halogens is 1. The van der Waals surface area contributed by atoms with E-state index in [1.807, 2.05) is 0 Å². The molecule has 0 bridgehead atoms. The van der Waals surface area contributed by atoms with E-state index in [-0.39, 0.29) is 17.4 Å². The maximum absolute atomic E-state index is 11.6. The Kier molecular flexibility index (Phi) is 5.65. The summed E-state index contributed by atoms with van der Waals surface area (Å²) < 4.78 is 5.12. The number of nitrogens with one attached hydrogen (secondary N) is 1. The molecule has 5 nitrogen and oxygen atoms in total. The van der Waals surface area contributed by atoms with Crippen LogP contribution in [0, 0.1) is 0 Å². The topological polar surface area (TPSA) is 78.8 Å². The number of aromatic hydroxyl groups is 1. The van der Waals surface area contributed by atoms with Gasteiger partial charge in [-0.25, -0.2) is 4.79 Å². The van der Waals surface area contributed by atoms with E-state index >= 15 is 0 Å². The Morgan fingerprint density at radius 3 is 2.60 bits per heavy atom. The molecule has 20 heavy (non-hydrogen) atoms. The van der Waals surface area contributed by atoms with E-state index in [2.05, 4.69) is 5.32 Å². The minimum atomic E-state index is -0.591. The summed E-state index contributed by atoms with van der Waals surface area (Å²) in [5.74, 6) is -0.00364. The fourth-order valence-electron chi connectivity index (χ4n) is 1.60. The van der Waals surface area contributed by atoms with Gasteiger partial charge in [0.1, 0.15) is 11.4 Å². The average molecular weight is 302 g/mol. The van der Waals surface area contributed by atoms with Crippen LogP contribution in [0.4, 0.5) is 4.79 Å². The number of phenols is 1. The van der Waals surface area contributed by atoms with Crippen molar-refractivity contribution in [3.05, 3.63) is 28.8 Å². The number of ether oxygens (including phenoxy) is 1. The first-order chi connectivity index (χ1) is 9.21. The molecule has 0 aliphatic carbocycles. The number of amides is 1. The fraction of sp³-hybridized carbons (Fsp3) is 0.500. The van der Waals surface area contributed by atoms with Gasteiger partial charge in [0.25, 0.3) is 0 Å². The number of aliphatic hydroxyl groups is 1. The van der Waals surface area contributed by atoms with Crippen molar-refractivity contribution in [2.75, 3.05) is 6.61 Å². The lowest BCUT2D eigenvalue weighted by atomic mass is 10.1. The normalized spacial score (nSPS) is 12.8. The molecule has 1 aromatic rings. The van der Waals surface area contributed by atoms with E-state index in [1.54, 1.807) is 32.9 Å². The first kappa shape index (κ1) is 16.6. The van der Waals surface area contributed by atoms with E-state index in [0.717, 1.165) is 5.56 Å². The molecule has 1 unspecified atom stereocenters. The van der Waals surface area contributed by atoms with Gasteiger partial charge in [0.2, 0.25) is 0 Å². The smallest absolute Gasteiger partial charge is 0.407 e. The molecular formula is C14H20ClNO4. The number of carbonyl (C=O) groups is 1. The molecule has 0 fully saturated rings. The number of hydrogen-bond donors (Lipinski definition) is 3. The Hall–Kier alpha value is -1.46. The van der Waals surface area contributed by atoms with E-state index in [0.29, 0.717) is 6.42 Å². The highest BCUT2D eigenvalue weighted by molar-refractivity contribution is 6.32. The minimum absolute atomic E-state index is 0.00364. The zero-order valence-electron chi connectivity index (χ0n) is 11.8. The van der Waals surface area contributed by atoms with Gasteiger partial charge in [-0.2, -0.15) is 0 Å². The van der Waals surface area contributed by atoms with Crippen LogP contribution in [-0.4, -0.2) is 34.6 Å². The molecule has 1 amide bonds. The first-order valence-corrected chi connectivity index (χ1v) is 6.67. The van der Waals surface area contributed by atoms with Crippen molar-refractivity contribution in [2.24, 2.45) is 0 Å². The summed E-state index contributed by atoms with van der Waals surface area (Å²) in [5.41, 5.74) is 0.203. The number of benzene rings is 1. The molecule has 1 aromatic carbocycles. The van der Waals surface area contributed by atoms with Crippen molar-refractivity contribution in [3.8, 4) is 5.75 Å². The molecule has 0 saturated carbocycles. The molecule has 0 aromatic heterocycles. The van der Waals surface area contributed by atoms with Crippen LogP contribution < -0.4 is 5.32 Å². The van der Waals surface area contributed by atoms with Gasteiger partial charge >= 0.3 is 6.09 Å². The summed E-state index contributed by atoms with van der Waals surface area (Å²) in [6, 6.07) is 4.27. The predicted molar refractivity (Wildman–Crippen MR) is 77.1 cm³/mol. The third-order valence-electron chi connectivity index (χ3n) is 2.44. The molecule has 0 radical (unpaired) electrons. The lowest BCUT2D eigenvalue weighted by Crippen LogP contribution is -2.42. The molecular weight excluding hydrogens is 282 g/mol. The standard InChI is InChI=1S/C14H20ClNO4/c1-14(2,3)20-13(19)16-10(8-17)6-9-4-5-12(18)11(15)7-9/h4-5,7,10,17-18H,6,8H2,1-3H3,(H,16,19). The van der Waals surface area contributed by atoms with Gasteiger partial charge in [0.15, 0.2) is 0 Å². The predicted octanol–water partition coefficient (Wildman–Crippen LogP) is 2.47. The van der Waals surface area contributed by atoms with Crippen LogP contribution in [0.1, 0.15) is 26.3 Å². The van der Waals surface area contributed by atoms with Crippen LogP contribution in [0.3, 0.4) is 0 Å². The molecule has 0 aliphatic rings.